The summed E-state index contributed by atoms with van der Waals surface area (Å²) >= 11 is 3.48. The Kier molecular flexibility index (Phi) is 2.44. The third-order valence-corrected chi connectivity index (χ3v) is 3.26. The van der Waals surface area contributed by atoms with Crippen molar-refractivity contribution in [2.45, 2.75) is 0 Å². The zero-order valence-corrected chi connectivity index (χ0v) is 10.8. The Labute approximate surface area is 107 Å². The van der Waals surface area contributed by atoms with Crippen molar-refractivity contribution in [2.24, 2.45) is 7.05 Å². The fraction of sp³-hybridized carbons (Fsp3) is 0.0769. The molecular weight excluding hydrogens is 278 g/mol. The topological polar surface area (TPSA) is 30.7 Å². The summed E-state index contributed by atoms with van der Waals surface area (Å²) in [4.78, 5) is 8.75. The van der Waals surface area contributed by atoms with Crippen LogP contribution in [0.5, 0.6) is 0 Å². The zero-order chi connectivity index (χ0) is 11.8. The van der Waals surface area contributed by atoms with Gasteiger partial charge in [-0.3, -0.25) is 4.98 Å². The molecule has 0 amide bonds. The van der Waals surface area contributed by atoms with E-state index in [0.29, 0.717) is 0 Å². The first kappa shape index (κ1) is 10.5. The predicted molar refractivity (Wildman–Crippen MR) is 71.6 cm³/mol. The van der Waals surface area contributed by atoms with Crippen LogP contribution in [-0.4, -0.2) is 14.5 Å². The predicted octanol–water partition coefficient (Wildman–Crippen LogP) is 3.40. The van der Waals surface area contributed by atoms with E-state index in [9.17, 15) is 0 Å². The van der Waals surface area contributed by atoms with Crippen LogP contribution in [0.25, 0.3) is 22.4 Å². The van der Waals surface area contributed by atoms with Crippen LogP contribution in [0, 0.1) is 0 Å². The molecule has 3 aromatic rings. The maximum atomic E-state index is 4.63. The van der Waals surface area contributed by atoms with Gasteiger partial charge in [0.05, 0.1) is 17.2 Å². The number of nitrogens with zero attached hydrogens (tertiary/aromatic N) is 3. The van der Waals surface area contributed by atoms with Gasteiger partial charge in [-0.15, -0.1) is 0 Å². The molecule has 0 unspecified atom stereocenters. The highest BCUT2D eigenvalue weighted by atomic mass is 79.9. The number of hydrogen-bond acceptors (Lipinski definition) is 2. The lowest BCUT2D eigenvalue weighted by Crippen LogP contribution is -1.92. The number of aromatic nitrogens is 3. The average Bonchev–Trinajstić information content (AvgIpc) is 2.68. The van der Waals surface area contributed by atoms with Crippen molar-refractivity contribution >= 4 is 27.0 Å². The maximum Gasteiger partial charge on any atom is 0.140 e. The summed E-state index contributed by atoms with van der Waals surface area (Å²) in [6.07, 6.45) is 3.60. The van der Waals surface area contributed by atoms with Gasteiger partial charge in [0.2, 0.25) is 0 Å². The van der Waals surface area contributed by atoms with E-state index in [0.717, 1.165) is 26.9 Å². The fourth-order valence-corrected chi connectivity index (χ4v) is 2.32. The Morgan fingerprint density at radius 2 is 2.12 bits per heavy atom. The van der Waals surface area contributed by atoms with Crippen molar-refractivity contribution in [1.82, 2.24) is 14.5 Å². The SMILES string of the molecule is Cn1c(-c2cccc(Br)c2)nc2ccncc21. The van der Waals surface area contributed by atoms with E-state index in [1.807, 2.05) is 31.4 Å². The summed E-state index contributed by atoms with van der Waals surface area (Å²) in [7, 11) is 2.01. The van der Waals surface area contributed by atoms with Crippen molar-refractivity contribution in [3.8, 4) is 11.4 Å². The van der Waals surface area contributed by atoms with Gasteiger partial charge in [0.1, 0.15) is 5.82 Å². The van der Waals surface area contributed by atoms with Gasteiger partial charge in [-0.25, -0.2) is 4.98 Å². The van der Waals surface area contributed by atoms with Crippen molar-refractivity contribution < 1.29 is 0 Å². The zero-order valence-electron chi connectivity index (χ0n) is 9.26. The second-order valence-electron chi connectivity index (χ2n) is 3.87. The van der Waals surface area contributed by atoms with Crippen molar-refractivity contribution in [1.29, 1.82) is 0 Å². The maximum absolute atomic E-state index is 4.63. The first-order chi connectivity index (χ1) is 8.25. The van der Waals surface area contributed by atoms with Crippen LogP contribution in [0.4, 0.5) is 0 Å². The molecule has 0 radical (unpaired) electrons. The van der Waals surface area contributed by atoms with E-state index in [1.54, 1.807) is 6.20 Å². The summed E-state index contributed by atoms with van der Waals surface area (Å²) in [6, 6.07) is 10.1. The third-order valence-electron chi connectivity index (χ3n) is 2.77. The van der Waals surface area contributed by atoms with E-state index in [2.05, 4.69) is 42.6 Å². The van der Waals surface area contributed by atoms with E-state index in [4.69, 9.17) is 0 Å². The number of benzene rings is 1. The molecule has 1 aromatic carbocycles. The van der Waals surface area contributed by atoms with E-state index < -0.39 is 0 Å². The molecule has 0 aliphatic carbocycles. The highest BCUT2D eigenvalue weighted by molar-refractivity contribution is 9.10. The minimum absolute atomic E-state index is 0.953. The van der Waals surface area contributed by atoms with Crippen molar-refractivity contribution in [3.63, 3.8) is 0 Å². The normalized spacial score (nSPS) is 10.9. The number of halogens is 1. The van der Waals surface area contributed by atoms with Crippen molar-refractivity contribution in [3.05, 3.63) is 47.2 Å². The molecule has 3 nitrogen and oxygen atoms in total. The van der Waals surface area contributed by atoms with Gasteiger partial charge in [0.25, 0.3) is 0 Å². The molecule has 84 valence electrons. The Hall–Kier alpha value is -1.68. The van der Waals surface area contributed by atoms with Gasteiger partial charge in [-0.2, -0.15) is 0 Å². The van der Waals surface area contributed by atoms with Gasteiger partial charge < -0.3 is 4.57 Å². The Morgan fingerprint density at radius 3 is 2.88 bits per heavy atom. The Balaban J connectivity index is 2.27. The molecule has 17 heavy (non-hydrogen) atoms. The Morgan fingerprint density at radius 1 is 1.24 bits per heavy atom. The van der Waals surface area contributed by atoms with Crippen LogP contribution in [0.1, 0.15) is 0 Å². The lowest BCUT2D eigenvalue weighted by Gasteiger charge is -2.02. The van der Waals surface area contributed by atoms with Crippen LogP contribution in [0.15, 0.2) is 47.2 Å². The summed E-state index contributed by atoms with van der Waals surface area (Å²) in [5.41, 5.74) is 3.11. The van der Waals surface area contributed by atoms with Gasteiger partial charge in [0, 0.05) is 23.3 Å². The monoisotopic (exact) mass is 287 g/mol. The molecule has 0 bridgehead atoms. The molecule has 0 fully saturated rings. The lowest BCUT2D eigenvalue weighted by atomic mass is 10.2. The number of rotatable bonds is 1. The second-order valence-corrected chi connectivity index (χ2v) is 4.78. The Bertz CT molecular complexity index is 688. The van der Waals surface area contributed by atoms with Crippen LogP contribution in [0.3, 0.4) is 0 Å². The summed E-state index contributed by atoms with van der Waals surface area (Å²) in [6.45, 7) is 0. The fourth-order valence-electron chi connectivity index (χ4n) is 1.92. The molecule has 0 aliphatic rings. The minimum Gasteiger partial charge on any atom is -0.326 e. The number of fused-ring (bicyclic) bond motifs is 1. The standard InChI is InChI=1S/C13H10BrN3/c1-17-12-8-15-6-5-11(12)16-13(17)9-3-2-4-10(14)7-9/h2-8H,1H3. The number of pyridine rings is 1. The summed E-state index contributed by atoms with van der Waals surface area (Å²) < 4.78 is 3.12. The molecule has 2 aromatic heterocycles. The molecule has 0 saturated carbocycles. The van der Waals surface area contributed by atoms with Crippen LogP contribution >= 0.6 is 15.9 Å². The molecule has 2 heterocycles. The molecule has 0 N–H and O–H groups in total. The molecule has 4 heteroatoms. The van der Waals surface area contributed by atoms with Crippen LogP contribution in [0.2, 0.25) is 0 Å². The highest BCUT2D eigenvalue weighted by Gasteiger charge is 2.09. The van der Waals surface area contributed by atoms with Gasteiger partial charge in [-0.05, 0) is 18.2 Å². The van der Waals surface area contributed by atoms with E-state index in [-0.39, 0.29) is 0 Å². The van der Waals surface area contributed by atoms with Crippen LogP contribution in [-0.2, 0) is 7.05 Å². The molecule has 0 spiro atoms. The molecule has 0 atom stereocenters. The molecule has 0 aliphatic heterocycles. The third kappa shape index (κ3) is 1.74. The van der Waals surface area contributed by atoms with Crippen LogP contribution < -0.4 is 0 Å². The first-order valence-corrected chi connectivity index (χ1v) is 6.07. The second kappa shape index (κ2) is 3.96. The summed E-state index contributed by atoms with van der Waals surface area (Å²) in [5.74, 6) is 0.953. The quantitative estimate of drug-likeness (QED) is 0.687. The van der Waals surface area contributed by atoms with Gasteiger partial charge in [-0.1, -0.05) is 28.1 Å². The lowest BCUT2D eigenvalue weighted by molar-refractivity contribution is 0.956. The van der Waals surface area contributed by atoms with Crippen molar-refractivity contribution in [2.75, 3.05) is 0 Å². The average molecular weight is 288 g/mol. The number of aryl methyl sites for hydroxylation is 1. The van der Waals surface area contributed by atoms with E-state index in [1.165, 1.54) is 0 Å². The van der Waals surface area contributed by atoms with Gasteiger partial charge in [0.15, 0.2) is 0 Å². The molecule has 3 rings (SSSR count). The number of hydrogen-bond donors (Lipinski definition) is 0. The highest BCUT2D eigenvalue weighted by Crippen LogP contribution is 2.25. The largest absolute Gasteiger partial charge is 0.326 e. The molecular formula is C13H10BrN3. The molecule has 0 saturated heterocycles. The van der Waals surface area contributed by atoms with E-state index >= 15 is 0 Å². The smallest absolute Gasteiger partial charge is 0.140 e. The van der Waals surface area contributed by atoms with Gasteiger partial charge >= 0.3 is 0 Å². The number of imidazole rings is 1. The first-order valence-electron chi connectivity index (χ1n) is 5.28. The minimum atomic E-state index is 0.953. The summed E-state index contributed by atoms with van der Waals surface area (Å²) in [5, 5.41) is 0.